The maximum Gasteiger partial charge on any atom is 0.335 e. The van der Waals surface area contributed by atoms with Gasteiger partial charge >= 0.3 is 5.97 Å². The number of hydrogen-bond acceptors (Lipinski definition) is 2. The molecule has 0 radical (unpaired) electrons. The molecule has 2 aromatic rings. The molecule has 21 heavy (non-hydrogen) atoms. The van der Waals surface area contributed by atoms with E-state index in [0.29, 0.717) is 12.1 Å². The molecule has 0 aliphatic heterocycles. The van der Waals surface area contributed by atoms with E-state index in [2.05, 4.69) is 43.8 Å². The first-order chi connectivity index (χ1) is 9.97. The number of halogens is 2. The van der Waals surface area contributed by atoms with Crippen LogP contribution in [0.2, 0.25) is 0 Å². The van der Waals surface area contributed by atoms with Gasteiger partial charge in [0.2, 0.25) is 0 Å². The predicted molar refractivity (Wildman–Crippen MR) is 91.4 cm³/mol. The Kier molecular flexibility index (Phi) is 5.35. The molecular formula is C15H11BrINO3. The summed E-state index contributed by atoms with van der Waals surface area (Å²) in [4.78, 5) is 22.9. The van der Waals surface area contributed by atoms with E-state index in [9.17, 15) is 9.59 Å². The Bertz CT molecular complexity index is 686. The van der Waals surface area contributed by atoms with Crippen LogP contribution in [-0.2, 0) is 6.54 Å². The number of nitrogens with one attached hydrogen (secondary N) is 1. The van der Waals surface area contributed by atoms with Crippen LogP contribution in [0.1, 0.15) is 26.3 Å². The lowest BCUT2D eigenvalue weighted by atomic mass is 10.1. The van der Waals surface area contributed by atoms with E-state index < -0.39 is 5.97 Å². The number of carbonyl (C=O) groups is 2. The molecule has 0 heterocycles. The number of hydrogen-bond donors (Lipinski definition) is 2. The Labute approximate surface area is 143 Å². The number of aromatic carboxylic acids is 1. The zero-order valence-corrected chi connectivity index (χ0v) is 14.5. The summed E-state index contributed by atoms with van der Waals surface area (Å²) in [6, 6.07) is 12.0. The van der Waals surface area contributed by atoms with Crippen LogP contribution in [0.4, 0.5) is 0 Å². The van der Waals surface area contributed by atoms with Crippen molar-refractivity contribution in [3.05, 3.63) is 67.2 Å². The largest absolute Gasteiger partial charge is 0.478 e. The molecule has 0 saturated carbocycles. The monoisotopic (exact) mass is 459 g/mol. The van der Waals surface area contributed by atoms with Crippen molar-refractivity contribution in [3.8, 4) is 0 Å². The minimum absolute atomic E-state index is 0.178. The van der Waals surface area contributed by atoms with Gasteiger partial charge in [0.25, 0.3) is 5.91 Å². The summed E-state index contributed by atoms with van der Waals surface area (Å²) in [5, 5.41) is 11.6. The van der Waals surface area contributed by atoms with Gasteiger partial charge in [0.15, 0.2) is 0 Å². The number of carboxylic acids is 1. The van der Waals surface area contributed by atoms with Crippen molar-refractivity contribution in [3.63, 3.8) is 0 Å². The minimum Gasteiger partial charge on any atom is -0.478 e. The molecule has 0 saturated heterocycles. The minimum atomic E-state index is -0.964. The van der Waals surface area contributed by atoms with Crippen molar-refractivity contribution in [1.29, 1.82) is 0 Å². The van der Waals surface area contributed by atoms with Crippen molar-refractivity contribution in [2.75, 3.05) is 0 Å². The fourth-order valence-corrected chi connectivity index (χ4v) is 2.63. The van der Waals surface area contributed by atoms with E-state index in [1.54, 1.807) is 18.2 Å². The summed E-state index contributed by atoms with van der Waals surface area (Å²) < 4.78 is 1.72. The lowest BCUT2D eigenvalue weighted by Crippen LogP contribution is -2.23. The van der Waals surface area contributed by atoms with Gasteiger partial charge in [0.1, 0.15) is 0 Å². The van der Waals surface area contributed by atoms with E-state index in [1.807, 2.05) is 12.1 Å². The van der Waals surface area contributed by atoms with Crippen LogP contribution >= 0.6 is 38.5 Å². The van der Waals surface area contributed by atoms with Crippen molar-refractivity contribution in [1.82, 2.24) is 5.32 Å². The van der Waals surface area contributed by atoms with Crippen LogP contribution in [0.25, 0.3) is 0 Å². The highest BCUT2D eigenvalue weighted by Crippen LogP contribution is 2.19. The molecule has 0 spiro atoms. The topological polar surface area (TPSA) is 66.4 Å². The fourth-order valence-electron chi connectivity index (χ4n) is 1.71. The Balaban J connectivity index is 2.04. The first-order valence-electron chi connectivity index (χ1n) is 6.03. The Morgan fingerprint density at radius 2 is 1.81 bits per heavy atom. The summed E-state index contributed by atoms with van der Waals surface area (Å²) in [6.07, 6.45) is 0. The van der Waals surface area contributed by atoms with Gasteiger partial charge in [0.05, 0.1) is 11.1 Å². The van der Waals surface area contributed by atoms with Crippen LogP contribution in [-0.4, -0.2) is 17.0 Å². The van der Waals surface area contributed by atoms with E-state index >= 15 is 0 Å². The van der Waals surface area contributed by atoms with E-state index in [4.69, 9.17) is 5.11 Å². The number of amides is 1. The normalized spacial score (nSPS) is 10.2. The average molecular weight is 460 g/mol. The third-order valence-corrected chi connectivity index (χ3v) is 4.19. The SMILES string of the molecule is O=C(O)c1ccc(CNC(=O)c2cc(I)ccc2Br)cc1. The Hall–Kier alpha value is -1.41. The van der Waals surface area contributed by atoms with Gasteiger partial charge in [-0.05, 0) is 74.4 Å². The van der Waals surface area contributed by atoms with Crippen molar-refractivity contribution >= 4 is 50.4 Å². The standard InChI is InChI=1S/C15H11BrINO3/c16-13-6-5-11(17)7-12(13)14(19)18-8-9-1-3-10(4-2-9)15(20)21/h1-7H,8H2,(H,18,19)(H,20,21). The lowest BCUT2D eigenvalue weighted by Gasteiger charge is -2.08. The summed E-state index contributed by atoms with van der Waals surface area (Å²) in [6.45, 7) is 0.344. The molecule has 1 amide bonds. The lowest BCUT2D eigenvalue weighted by molar-refractivity contribution is 0.0696. The second kappa shape index (κ2) is 7.04. The van der Waals surface area contributed by atoms with Gasteiger partial charge in [-0.15, -0.1) is 0 Å². The first-order valence-corrected chi connectivity index (χ1v) is 7.90. The maximum atomic E-state index is 12.1. The molecule has 2 rings (SSSR count). The summed E-state index contributed by atoms with van der Waals surface area (Å²) in [5.41, 5.74) is 1.64. The van der Waals surface area contributed by atoms with Crippen LogP contribution < -0.4 is 5.32 Å². The quantitative estimate of drug-likeness (QED) is 0.685. The van der Waals surface area contributed by atoms with Crippen LogP contribution in [0, 0.1) is 3.57 Å². The molecule has 0 atom stereocenters. The Morgan fingerprint density at radius 1 is 1.14 bits per heavy atom. The molecule has 0 unspecified atom stereocenters. The number of carbonyl (C=O) groups excluding carboxylic acids is 1. The highest BCUT2D eigenvalue weighted by Gasteiger charge is 2.10. The van der Waals surface area contributed by atoms with Gasteiger partial charge < -0.3 is 10.4 Å². The zero-order chi connectivity index (χ0) is 15.4. The van der Waals surface area contributed by atoms with Gasteiger partial charge in [0, 0.05) is 14.6 Å². The second-order valence-corrected chi connectivity index (χ2v) is 6.41. The van der Waals surface area contributed by atoms with Gasteiger partial charge in [-0.1, -0.05) is 12.1 Å². The number of rotatable bonds is 4. The van der Waals surface area contributed by atoms with Crippen molar-refractivity contribution < 1.29 is 14.7 Å². The third kappa shape index (κ3) is 4.28. The molecule has 0 bridgehead atoms. The highest BCUT2D eigenvalue weighted by atomic mass is 127. The molecule has 0 aliphatic carbocycles. The molecule has 108 valence electrons. The summed E-state index contributed by atoms with van der Waals surface area (Å²) in [5.74, 6) is -1.14. The second-order valence-electron chi connectivity index (χ2n) is 4.31. The van der Waals surface area contributed by atoms with E-state index in [0.717, 1.165) is 13.6 Å². The average Bonchev–Trinajstić information content (AvgIpc) is 2.47. The zero-order valence-electron chi connectivity index (χ0n) is 10.8. The summed E-state index contributed by atoms with van der Waals surface area (Å²) in [7, 11) is 0. The summed E-state index contributed by atoms with van der Waals surface area (Å²) >= 11 is 5.50. The highest BCUT2D eigenvalue weighted by molar-refractivity contribution is 14.1. The van der Waals surface area contributed by atoms with Crippen molar-refractivity contribution in [2.24, 2.45) is 0 Å². The van der Waals surface area contributed by atoms with E-state index in [-0.39, 0.29) is 11.5 Å². The van der Waals surface area contributed by atoms with E-state index in [1.165, 1.54) is 12.1 Å². The van der Waals surface area contributed by atoms with Crippen molar-refractivity contribution in [2.45, 2.75) is 6.54 Å². The molecule has 6 heteroatoms. The smallest absolute Gasteiger partial charge is 0.335 e. The molecule has 0 aliphatic rings. The van der Waals surface area contributed by atoms with Gasteiger partial charge in [-0.3, -0.25) is 4.79 Å². The van der Waals surface area contributed by atoms with Gasteiger partial charge in [-0.2, -0.15) is 0 Å². The number of benzene rings is 2. The molecule has 4 nitrogen and oxygen atoms in total. The molecular weight excluding hydrogens is 449 g/mol. The first kappa shape index (κ1) is 16.0. The molecule has 2 N–H and O–H groups in total. The van der Waals surface area contributed by atoms with Gasteiger partial charge in [-0.25, -0.2) is 4.79 Å². The third-order valence-electron chi connectivity index (χ3n) is 2.83. The van der Waals surface area contributed by atoms with Crippen LogP contribution in [0.5, 0.6) is 0 Å². The Morgan fingerprint density at radius 3 is 2.43 bits per heavy atom. The fraction of sp³-hybridized carbons (Fsp3) is 0.0667. The molecule has 0 aromatic heterocycles. The van der Waals surface area contributed by atoms with Crippen LogP contribution in [0.15, 0.2) is 46.9 Å². The maximum absolute atomic E-state index is 12.1. The van der Waals surface area contributed by atoms with Crippen LogP contribution in [0.3, 0.4) is 0 Å². The molecule has 0 fully saturated rings. The predicted octanol–water partition coefficient (Wildman–Crippen LogP) is 3.68. The number of carboxylic acid groups (broad SMARTS) is 1. The molecule has 2 aromatic carbocycles.